The number of sulfonamides is 1. The van der Waals surface area contributed by atoms with Crippen molar-refractivity contribution in [3.05, 3.63) is 72.5 Å². The normalized spacial score (nSPS) is 11.5. The molecule has 0 saturated carbocycles. The van der Waals surface area contributed by atoms with Gasteiger partial charge in [0.05, 0.1) is 21.7 Å². The van der Waals surface area contributed by atoms with Crippen molar-refractivity contribution in [2.75, 3.05) is 0 Å². The molecule has 0 spiro atoms. The standard InChI is InChI=1S/C20H15FN4O4S/c21-12-5-10-15(18(27)11-12)19-23-20(16-3-1-2-4-17(16)26)25(24-19)13-6-8-14(9-7-13)30(22,28)29/h1-11,26-27H,(H2,22,28,29). The van der Waals surface area contributed by atoms with E-state index in [0.29, 0.717) is 11.3 Å². The van der Waals surface area contributed by atoms with E-state index in [1.165, 1.54) is 41.1 Å². The zero-order valence-corrected chi connectivity index (χ0v) is 16.1. The Labute approximate surface area is 170 Å². The average Bonchev–Trinajstić information content (AvgIpc) is 3.12. The van der Waals surface area contributed by atoms with Gasteiger partial charge in [-0.1, -0.05) is 12.1 Å². The Kier molecular flexibility index (Phi) is 4.72. The number of benzene rings is 3. The van der Waals surface area contributed by atoms with Gasteiger partial charge in [-0.05, 0) is 48.5 Å². The average molecular weight is 426 g/mol. The highest BCUT2D eigenvalue weighted by Gasteiger charge is 2.20. The molecule has 1 aromatic heterocycles. The van der Waals surface area contributed by atoms with E-state index in [-0.39, 0.29) is 33.6 Å². The quantitative estimate of drug-likeness (QED) is 0.460. The lowest BCUT2D eigenvalue weighted by Gasteiger charge is -2.08. The molecule has 0 aliphatic carbocycles. The largest absolute Gasteiger partial charge is 0.507 e. The minimum atomic E-state index is -3.87. The predicted molar refractivity (Wildman–Crippen MR) is 107 cm³/mol. The summed E-state index contributed by atoms with van der Waals surface area (Å²) < 4.78 is 37.8. The molecule has 3 aromatic carbocycles. The van der Waals surface area contributed by atoms with Crippen molar-refractivity contribution < 1.29 is 23.0 Å². The first-order valence-corrected chi connectivity index (χ1v) is 10.2. The maximum absolute atomic E-state index is 13.4. The van der Waals surface area contributed by atoms with Gasteiger partial charge >= 0.3 is 0 Å². The molecule has 10 heteroatoms. The highest BCUT2D eigenvalue weighted by molar-refractivity contribution is 7.89. The van der Waals surface area contributed by atoms with Crippen LogP contribution in [0.3, 0.4) is 0 Å². The molecule has 1 heterocycles. The maximum atomic E-state index is 13.4. The molecule has 0 fully saturated rings. The van der Waals surface area contributed by atoms with Gasteiger partial charge in [0.2, 0.25) is 10.0 Å². The summed E-state index contributed by atoms with van der Waals surface area (Å²) in [5, 5.41) is 29.9. The lowest BCUT2D eigenvalue weighted by Crippen LogP contribution is -2.12. The van der Waals surface area contributed by atoms with Crippen LogP contribution in [0.25, 0.3) is 28.5 Å². The van der Waals surface area contributed by atoms with E-state index in [1.54, 1.807) is 18.2 Å². The Morgan fingerprint density at radius 3 is 2.23 bits per heavy atom. The van der Waals surface area contributed by atoms with Crippen LogP contribution in [0.4, 0.5) is 4.39 Å². The predicted octanol–water partition coefficient (Wildman–Crippen LogP) is 2.80. The smallest absolute Gasteiger partial charge is 0.238 e. The van der Waals surface area contributed by atoms with Gasteiger partial charge in [0.25, 0.3) is 0 Å². The van der Waals surface area contributed by atoms with Crippen LogP contribution in [-0.2, 0) is 10.0 Å². The van der Waals surface area contributed by atoms with E-state index < -0.39 is 15.8 Å². The molecule has 4 rings (SSSR count). The number of hydrogen-bond acceptors (Lipinski definition) is 6. The van der Waals surface area contributed by atoms with Crippen molar-refractivity contribution >= 4 is 10.0 Å². The van der Waals surface area contributed by atoms with Crippen molar-refractivity contribution in [2.24, 2.45) is 5.14 Å². The van der Waals surface area contributed by atoms with Gasteiger partial charge in [-0.2, -0.15) is 0 Å². The fourth-order valence-corrected chi connectivity index (χ4v) is 3.43. The minimum absolute atomic E-state index is 0.0535. The molecule has 0 amide bonds. The molecular weight excluding hydrogens is 411 g/mol. The number of phenols is 2. The van der Waals surface area contributed by atoms with Gasteiger partial charge in [-0.25, -0.2) is 27.6 Å². The molecule has 0 atom stereocenters. The number of nitrogens with zero attached hydrogens (tertiary/aromatic N) is 3. The van der Waals surface area contributed by atoms with Crippen LogP contribution in [-0.4, -0.2) is 33.4 Å². The fourth-order valence-electron chi connectivity index (χ4n) is 2.91. The summed E-state index contributed by atoms with van der Waals surface area (Å²) in [7, 11) is -3.87. The summed E-state index contributed by atoms with van der Waals surface area (Å²) in [5.74, 6) is -0.700. The third kappa shape index (κ3) is 3.61. The Balaban J connectivity index is 1.92. The topological polar surface area (TPSA) is 131 Å². The van der Waals surface area contributed by atoms with E-state index in [2.05, 4.69) is 10.1 Å². The zero-order chi connectivity index (χ0) is 21.5. The molecular formula is C20H15FN4O4S. The molecule has 0 radical (unpaired) electrons. The molecule has 0 bridgehead atoms. The fraction of sp³-hybridized carbons (Fsp3) is 0. The highest BCUT2D eigenvalue weighted by Crippen LogP contribution is 2.33. The SMILES string of the molecule is NS(=O)(=O)c1ccc(-n2nc(-c3ccc(F)cc3O)nc2-c2ccccc2O)cc1. The van der Waals surface area contributed by atoms with Crippen molar-refractivity contribution in [1.82, 2.24) is 14.8 Å². The van der Waals surface area contributed by atoms with Crippen LogP contribution in [0.2, 0.25) is 0 Å². The number of halogens is 1. The third-order valence-electron chi connectivity index (χ3n) is 4.36. The number of aromatic nitrogens is 3. The monoisotopic (exact) mass is 426 g/mol. The number of rotatable bonds is 4. The number of para-hydroxylation sites is 1. The van der Waals surface area contributed by atoms with E-state index in [4.69, 9.17) is 5.14 Å². The maximum Gasteiger partial charge on any atom is 0.238 e. The second-order valence-electron chi connectivity index (χ2n) is 6.39. The molecule has 0 aliphatic rings. The highest BCUT2D eigenvalue weighted by atomic mass is 32.2. The Morgan fingerprint density at radius 1 is 0.900 bits per heavy atom. The van der Waals surface area contributed by atoms with Crippen LogP contribution < -0.4 is 5.14 Å². The minimum Gasteiger partial charge on any atom is -0.507 e. The molecule has 8 nitrogen and oxygen atoms in total. The first-order valence-electron chi connectivity index (χ1n) is 8.61. The Morgan fingerprint density at radius 2 is 1.60 bits per heavy atom. The van der Waals surface area contributed by atoms with Gasteiger partial charge < -0.3 is 10.2 Å². The van der Waals surface area contributed by atoms with Crippen molar-refractivity contribution in [3.63, 3.8) is 0 Å². The van der Waals surface area contributed by atoms with Gasteiger partial charge in [0.1, 0.15) is 17.3 Å². The molecule has 0 saturated heterocycles. The van der Waals surface area contributed by atoms with Crippen LogP contribution in [0.5, 0.6) is 11.5 Å². The summed E-state index contributed by atoms with van der Waals surface area (Å²) in [6, 6.07) is 15.5. The molecule has 4 N–H and O–H groups in total. The molecule has 0 unspecified atom stereocenters. The van der Waals surface area contributed by atoms with Gasteiger partial charge in [0, 0.05) is 6.07 Å². The van der Waals surface area contributed by atoms with E-state index in [1.807, 2.05) is 0 Å². The number of nitrogens with two attached hydrogens (primary N) is 1. The van der Waals surface area contributed by atoms with Crippen molar-refractivity contribution in [1.29, 1.82) is 0 Å². The molecule has 4 aromatic rings. The summed E-state index contributed by atoms with van der Waals surface area (Å²) in [4.78, 5) is 4.34. The lowest BCUT2D eigenvalue weighted by molar-refractivity contribution is 0.470. The second kappa shape index (κ2) is 7.25. The van der Waals surface area contributed by atoms with Crippen LogP contribution in [0.15, 0.2) is 71.6 Å². The summed E-state index contributed by atoms with van der Waals surface area (Å²) in [5.41, 5.74) is 0.974. The number of primary sulfonamides is 1. The third-order valence-corrected chi connectivity index (χ3v) is 5.29. The van der Waals surface area contributed by atoms with Crippen LogP contribution >= 0.6 is 0 Å². The number of aromatic hydroxyl groups is 2. The second-order valence-corrected chi connectivity index (χ2v) is 7.95. The van der Waals surface area contributed by atoms with Crippen LogP contribution in [0, 0.1) is 5.82 Å². The van der Waals surface area contributed by atoms with Gasteiger partial charge in [-0.3, -0.25) is 0 Å². The summed E-state index contributed by atoms with van der Waals surface area (Å²) in [6.07, 6.45) is 0. The van der Waals surface area contributed by atoms with E-state index in [9.17, 15) is 23.0 Å². The van der Waals surface area contributed by atoms with E-state index in [0.717, 1.165) is 12.1 Å². The Hall–Kier alpha value is -3.76. The first-order chi connectivity index (χ1) is 14.2. The summed E-state index contributed by atoms with van der Waals surface area (Å²) in [6.45, 7) is 0. The van der Waals surface area contributed by atoms with Gasteiger partial charge in [-0.15, -0.1) is 5.10 Å². The zero-order valence-electron chi connectivity index (χ0n) is 15.3. The molecule has 0 aliphatic heterocycles. The van der Waals surface area contributed by atoms with Crippen LogP contribution in [0.1, 0.15) is 0 Å². The van der Waals surface area contributed by atoms with E-state index >= 15 is 0 Å². The Bertz CT molecular complexity index is 1350. The van der Waals surface area contributed by atoms with Gasteiger partial charge in [0.15, 0.2) is 11.6 Å². The number of hydrogen-bond donors (Lipinski definition) is 3. The number of phenolic OH excluding ortho intramolecular Hbond substituents is 2. The first kappa shape index (κ1) is 19.6. The molecule has 152 valence electrons. The van der Waals surface area contributed by atoms with Crippen molar-refractivity contribution in [3.8, 4) is 40.0 Å². The van der Waals surface area contributed by atoms with Crippen molar-refractivity contribution in [2.45, 2.75) is 4.90 Å². The summed E-state index contributed by atoms with van der Waals surface area (Å²) >= 11 is 0. The lowest BCUT2D eigenvalue weighted by atomic mass is 10.1. The molecule has 30 heavy (non-hydrogen) atoms.